The number of amides is 3. The Morgan fingerprint density at radius 2 is 1.62 bits per heavy atom. The van der Waals surface area contributed by atoms with Crippen LogP contribution in [-0.4, -0.2) is 30.9 Å². The standard InChI is InChI=1S/C27H24F3N3O4/c28-27(29,30)22-8-4-5-9-23(22)32-24(34)17-37-21-12-10-20(11-13-21)33-16-19(14-25(33)35)26(36)31-15-18-6-2-1-3-7-18/h1-13,19H,14-17H2,(H,31,36)(H,32,34)/t19-/m0/s1. The summed E-state index contributed by atoms with van der Waals surface area (Å²) in [7, 11) is 0. The summed E-state index contributed by atoms with van der Waals surface area (Å²) in [6.07, 6.45) is -4.51. The summed E-state index contributed by atoms with van der Waals surface area (Å²) in [5.74, 6) is -1.31. The van der Waals surface area contributed by atoms with Crippen LogP contribution in [0.1, 0.15) is 17.5 Å². The predicted molar refractivity (Wildman–Crippen MR) is 131 cm³/mol. The number of rotatable bonds is 8. The number of alkyl halides is 3. The van der Waals surface area contributed by atoms with Gasteiger partial charge in [0.15, 0.2) is 6.61 Å². The Morgan fingerprint density at radius 3 is 2.32 bits per heavy atom. The van der Waals surface area contributed by atoms with Gasteiger partial charge >= 0.3 is 6.18 Å². The van der Waals surface area contributed by atoms with E-state index in [1.54, 1.807) is 24.3 Å². The number of carbonyl (C=O) groups excluding carboxylic acids is 3. The van der Waals surface area contributed by atoms with E-state index in [-0.39, 0.29) is 30.5 Å². The van der Waals surface area contributed by atoms with Gasteiger partial charge < -0.3 is 20.3 Å². The minimum absolute atomic E-state index is 0.0957. The first kappa shape index (κ1) is 25.7. The zero-order chi connectivity index (χ0) is 26.4. The highest BCUT2D eigenvalue weighted by atomic mass is 19.4. The van der Waals surface area contributed by atoms with Crippen molar-refractivity contribution in [3.05, 3.63) is 90.0 Å². The number of anilines is 2. The third kappa shape index (κ3) is 6.66. The highest BCUT2D eigenvalue weighted by molar-refractivity contribution is 6.00. The molecule has 1 fully saturated rings. The molecular weight excluding hydrogens is 487 g/mol. The maximum atomic E-state index is 13.1. The topological polar surface area (TPSA) is 87.7 Å². The average molecular weight is 512 g/mol. The van der Waals surface area contributed by atoms with Crippen LogP contribution in [0.25, 0.3) is 0 Å². The molecule has 0 aromatic heterocycles. The molecule has 3 amide bonds. The number of nitrogens with one attached hydrogen (secondary N) is 2. The highest BCUT2D eigenvalue weighted by Gasteiger charge is 2.35. The average Bonchev–Trinajstić information content (AvgIpc) is 3.28. The Bertz CT molecular complexity index is 1260. The van der Waals surface area contributed by atoms with Gasteiger partial charge in [-0.25, -0.2) is 0 Å². The van der Waals surface area contributed by atoms with E-state index < -0.39 is 30.2 Å². The molecule has 3 aromatic rings. The van der Waals surface area contributed by atoms with E-state index in [0.29, 0.717) is 18.0 Å². The van der Waals surface area contributed by atoms with Crippen LogP contribution in [0.2, 0.25) is 0 Å². The molecule has 0 bridgehead atoms. The number of hydrogen-bond acceptors (Lipinski definition) is 4. The summed E-state index contributed by atoms with van der Waals surface area (Å²) in [5.41, 5.74) is 0.231. The van der Waals surface area contributed by atoms with E-state index in [2.05, 4.69) is 10.6 Å². The zero-order valence-corrected chi connectivity index (χ0v) is 19.6. The largest absolute Gasteiger partial charge is 0.484 e. The molecule has 2 N–H and O–H groups in total. The van der Waals surface area contributed by atoms with Crippen molar-refractivity contribution in [2.75, 3.05) is 23.4 Å². The molecule has 1 atom stereocenters. The predicted octanol–water partition coefficient (Wildman–Crippen LogP) is 4.39. The van der Waals surface area contributed by atoms with Gasteiger partial charge in [0.05, 0.1) is 17.2 Å². The normalized spacial score (nSPS) is 15.4. The molecule has 37 heavy (non-hydrogen) atoms. The molecule has 7 nitrogen and oxygen atoms in total. The molecule has 0 unspecified atom stereocenters. The van der Waals surface area contributed by atoms with Crippen molar-refractivity contribution in [1.82, 2.24) is 5.32 Å². The number of hydrogen-bond donors (Lipinski definition) is 2. The number of carbonyl (C=O) groups is 3. The van der Waals surface area contributed by atoms with Crippen LogP contribution in [0.5, 0.6) is 5.75 Å². The van der Waals surface area contributed by atoms with E-state index in [9.17, 15) is 27.6 Å². The second-order valence-corrected chi connectivity index (χ2v) is 8.48. The Kier molecular flexibility index (Phi) is 7.76. The molecule has 192 valence electrons. The van der Waals surface area contributed by atoms with Crippen molar-refractivity contribution in [2.45, 2.75) is 19.1 Å². The van der Waals surface area contributed by atoms with Gasteiger partial charge in [0.2, 0.25) is 11.8 Å². The molecule has 0 spiro atoms. The first-order valence-electron chi connectivity index (χ1n) is 11.5. The fourth-order valence-corrected chi connectivity index (χ4v) is 3.96. The molecule has 1 aliphatic rings. The molecule has 3 aromatic carbocycles. The Labute approximate surface area is 211 Å². The van der Waals surface area contributed by atoms with Gasteiger partial charge in [-0.05, 0) is 42.0 Å². The van der Waals surface area contributed by atoms with Crippen molar-refractivity contribution in [1.29, 1.82) is 0 Å². The van der Waals surface area contributed by atoms with Crippen LogP contribution in [0.15, 0.2) is 78.9 Å². The summed E-state index contributed by atoms with van der Waals surface area (Å²) < 4.78 is 44.6. The van der Waals surface area contributed by atoms with Gasteiger partial charge in [-0.3, -0.25) is 14.4 Å². The van der Waals surface area contributed by atoms with Crippen molar-refractivity contribution in [3.63, 3.8) is 0 Å². The third-order valence-corrected chi connectivity index (χ3v) is 5.83. The Hall–Kier alpha value is -4.34. The van der Waals surface area contributed by atoms with Crippen molar-refractivity contribution < 1.29 is 32.3 Å². The number of halogens is 3. The number of para-hydroxylation sites is 1. The lowest BCUT2D eigenvalue weighted by atomic mass is 10.1. The fourth-order valence-electron chi connectivity index (χ4n) is 3.96. The summed E-state index contributed by atoms with van der Waals surface area (Å²) in [5, 5.41) is 5.07. The first-order chi connectivity index (χ1) is 17.7. The van der Waals surface area contributed by atoms with Gasteiger partial charge in [-0.2, -0.15) is 13.2 Å². The van der Waals surface area contributed by atoms with Crippen molar-refractivity contribution in [3.8, 4) is 5.75 Å². The van der Waals surface area contributed by atoms with Gasteiger partial charge in [-0.1, -0.05) is 42.5 Å². The monoisotopic (exact) mass is 511 g/mol. The zero-order valence-electron chi connectivity index (χ0n) is 19.6. The summed E-state index contributed by atoms with van der Waals surface area (Å²) >= 11 is 0. The highest BCUT2D eigenvalue weighted by Crippen LogP contribution is 2.34. The Balaban J connectivity index is 1.28. The van der Waals surface area contributed by atoms with Gasteiger partial charge in [0.25, 0.3) is 5.91 Å². The lowest BCUT2D eigenvalue weighted by Crippen LogP contribution is -2.32. The maximum absolute atomic E-state index is 13.1. The van der Waals surface area contributed by atoms with Crippen LogP contribution in [-0.2, 0) is 27.1 Å². The quantitative estimate of drug-likeness (QED) is 0.470. The third-order valence-electron chi connectivity index (χ3n) is 5.83. The van der Waals surface area contributed by atoms with Crippen molar-refractivity contribution >= 4 is 29.1 Å². The molecule has 1 aliphatic heterocycles. The summed E-state index contributed by atoms with van der Waals surface area (Å²) in [6.45, 7) is 0.115. The van der Waals surface area contributed by atoms with Gasteiger partial charge in [0, 0.05) is 25.2 Å². The minimum atomic E-state index is -4.60. The Morgan fingerprint density at radius 1 is 0.946 bits per heavy atom. The second-order valence-electron chi connectivity index (χ2n) is 8.48. The molecule has 0 saturated carbocycles. The van der Waals surface area contributed by atoms with E-state index in [0.717, 1.165) is 17.7 Å². The second kappa shape index (κ2) is 11.2. The molecule has 0 aliphatic carbocycles. The summed E-state index contributed by atoms with van der Waals surface area (Å²) in [4.78, 5) is 38.7. The number of ether oxygens (including phenoxy) is 1. The number of benzene rings is 3. The van der Waals surface area contributed by atoms with Crippen LogP contribution >= 0.6 is 0 Å². The van der Waals surface area contributed by atoms with Crippen molar-refractivity contribution in [2.24, 2.45) is 5.92 Å². The van der Waals surface area contributed by atoms with E-state index in [1.165, 1.54) is 17.0 Å². The fraction of sp³-hybridized carbons (Fsp3) is 0.222. The molecule has 10 heteroatoms. The smallest absolute Gasteiger partial charge is 0.418 e. The molecule has 4 rings (SSSR count). The van der Waals surface area contributed by atoms with Crippen LogP contribution < -0.4 is 20.3 Å². The van der Waals surface area contributed by atoms with E-state index in [1.807, 2.05) is 30.3 Å². The minimum Gasteiger partial charge on any atom is -0.484 e. The molecule has 0 radical (unpaired) electrons. The first-order valence-corrected chi connectivity index (χ1v) is 11.5. The van der Waals surface area contributed by atoms with E-state index in [4.69, 9.17) is 4.74 Å². The molecular formula is C27H24F3N3O4. The lowest BCUT2D eigenvalue weighted by molar-refractivity contribution is -0.137. The lowest BCUT2D eigenvalue weighted by Gasteiger charge is -2.17. The maximum Gasteiger partial charge on any atom is 0.418 e. The van der Waals surface area contributed by atoms with E-state index >= 15 is 0 Å². The summed E-state index contributed by atoms with van der Waals surface area (Å²) in [6, 6.07) is 20.5. The number of nitrogens with zero attached hydrogens (tertiary/aromatic N) is 1. The molecule has 1 saturated heterocycles. The van der Waals surface area contributed by atoms with Crippen LogP contribution in [0.3, 0.4) is 0 Å². The molecule has 1 heterocycles. The van der Waals surface area contributed by atoms with Crippen LogP contribution in [0.4, 0.5) is 24.5 Å². The SMILES string of the molecule is O=C(COc1ccc(N2C[C@@H](C(=O)NCc3ccccc3)CC2=O)cc1)Nc1ccccc1C(F)(F)F. The van der Waals surface area contributed by atoms with Crippen LogP contribution in [0, 0.1) is 5.92 Å². The van der Waals surface area contributed by atoms with Gasteiger partial charge in [-0.15, -0.1) is 0 Å². The van der Waals surface area contributed by atoms with Gasteiger partial charge in [0.1, 0.15) is 5.75 Å².